The second-order valence-corrected chi connectivity index (χ2v) is 5.15. The van der Waals surface area contributed by atoms with Crippen LogP contribution in [0.1, 0.15) is 38.4 Å². The number of carbonyl (C=O) groups is 1. The van der Waals surface area contributed by atoms with Crippen LogP contribution in [0.2, 0.25) is 0 Å². The Hall–Kier alpha value is -1.34. The molecule has 7 nitrogen and oxygen atoms in total. The molecule has 108 valence electrons. The van der Waals surface area contributed by atoms with E-state index >= 15 is 0 Å². The highest BCUT2D eigenvalue weighted by atomic mass is 35.5. The molecule has 19 heavy (non-hydrogen) atoms. The SMILES string of the molecule is CC1(N)CCCCC1C(=O)NCc1n[nH]c(=O)[nH]1.Cl. The normalized spacial score (nSPS) is 26.5. The molecule has 1 aliphatic rings. The molecule has 1 heterocycles. The Morgan fingerprint density at radius 3 is 2.89 bits per heavy atom. The summed E-state index contributed by atoms with van der Waals surface area (Å²) in [4.78, 5) is 25.4. The number of nitrogens with one attached hydrogen (secondary N) is 3. The number of H-pyrrole nitrogens is 2. The van der Waals surface area contributed by atoms with Crippen LogP contribution in [-0.4, -0.2) is 26.6 Å². The number of hydrogen-bond acceptors (Lipinski definition) is 4. The molecule has 1 amide bonds. The van der Waals surface area contributed by atoms with Gasteiger partial charge in [0.25, 0.3) is 0 Å². The number of halogens is 1. The maximum Gasteiger partial charge on any atom is 0.340 e. The average molecular weight is 290 g/mol. The molecule has 0 aliphatic heterocycles. The summed E-state index contributed by atoms with van der Waals surface area (Å²) >= 11 is 0. The summed E-state index contributed by atoms with van der Waals surface area (Å²) in [6.45, 7) is 2.14. The second-order valence-electron chi connectivity index (χ2n) is 5.15. The first-order chi connectivity index (χ1) is 8.49. The third-order valence-corrected chi connectivity index (χ3v) is 3.55. The lowest BCUT2D eigenvalue weighted by Crippen LogP contribution is -2.52. The third kappa shape index (κ3) is 3.81. The van der Waals surface area contributed by atoms with Gasteiger partial charge in [-0.3, -0.25) is 9.78 Å². The number of aromatic nitrogens is 3. The van der Waals surface area contributed by atoms with Crippen molar-refractivity contribution in [1.82, 2.24) is 20.5 Å². The van der Waals surface area contributed by atoms with Gasteiger partial charge in [-0.25, -0.2) is 9.89 Å². The van der Waals surface area contributed by atoms with Gasteiger partial charge in [-0.15, -0.1) is 12.4 Å². The molecule has 1 fully saturated rings. The number of carbonyl (C=O) groups excluding carboxylic acids is 1. The first-order valence-electron chi connectivity index (χ1n) is 6.19. The van der Waals surface area contributed by atoms with Gasteiger partial charge < -0.3 is 11.1 Å². The molecular weight excluding hydrogens is 270 g/mol. The maximum absolute atomic E-state index is 12.1. The van der Waals surface area contributed by atoms with Crippen molar-refractivity contribution >= 4 is 18.3 Å². The molecule has 0 saturated heterocycles. The fourth-order valence-electron chi connectivity index (χ4n) is 2.47. The van der Waals surface area contributed by atoms with Crippen molar-refractivity contribution in [1.29, 1.82) is 0 Å². The minimum absolute atomic E-state index is 0. The molecule has 1 aliphatic carbocycles. The van der Waals surface area contributed by atoms with Crippen LogP contribution >= 0.6 is 12.4 Å². The van der Waals surface area contributed by atoms with Crippen LogP contribution < -0.4 is 16.7 Å². The van der Waals surface area contributed by atoms with Gasteiger partial charge in [0.2, 0.25) is 5.91 Å². The standard InChI is InChI=1S/C11H19N5O2.ClH/c1-11(12)5-3-2-4-7(11)9(17)13-6-8-14-10(18)16-15-8;/h7H,2-6,12H2,1H3,(H,13,17)(H2,14,15,16,18);1H. The molecule has 0 spiro atoms. The zero-order chi connectivity index (χ0) is 13.2. The van der Waals surface area contributed by atoms with Crippen LogP contribution in [0.15, 0.2) is 4.79 Å². The van der Waals surface area contributed by atoms with Gasteiger partial charge in [-0.05, 0) is 19.8 Å². The molecule has 5 N–H and O–H groups in total. The molecule has 0 bridgehead atoms. The highest BCUT2D eigenvalue weighted by molar-refractivity contribution is 5.85. The van der Waals surface area contributed by atoms with Gasteiger partial charge in [-0.2, -0.15) is 5.10 Å². The van der Waals surface area contributed by atoms with Gasteiger partial charge in [0.1, 0.15) is 5.82 Å². The van der Waals surface area contributed by atoms with E-state index in [1.807, 2.05) is 6.92 Å². The molecule has 8 heteroatoms. The summed E-state index contributed by atoms with van der Waals surface area (Å²) < 4.78 is 0. The molecule has 0 radical (unpaired) electrons. The molecule has 0 aromatic carbocycles. The molecule has 1 saturated carbocycles. The van der Waals surface area contributed by atoms with E-state index in [1.165, 1.54) is 0 Å². The van der Waals surface area contributed by atoms with Crippen LogP contribution in [0.4, 0.5) is 0 Å². The monoisotopic (exact) mass is 289 g/mol. The molecule has 2 unspecified atom stereocenters. The summed E-state index contributed by atoms with van der Waals surface area (Å²) in [5.74, 6) is 0.184. The van der Waals surface area contributed by atoms with Crippen LogP contribution in [0.25, 0.3) is 0 Å². The van der Waals surface area contributed by atoms with Gasteiger partial charge >= 0.3 is 5.69 Å². The Kier molecular flexibility index (Phi) is 5.13. The summed E-state index contributed by atoms with van der Waals surface area (Å²) in [5.41, 5.74) is 5.34. The first kappa shape index (κ1) is 15.7. The van der Waals surface area contributed by atoms with Crippen molar-refractivity contribution in [3.63, 3.8) is 0 Å². The maximum atomic E-state index is 12.1. The van der Waals surface area contributed by atoms with Crippen LogP contribution in [0.3, 0.4) is 0 Å². The van der Waals surface area contributed by atoms with Crippen LogP contribution in [0, 0.1) is 5.92 Å². The molecule has 2 rings (SSSR count). The quantitative estimate of drug-likeness (QED) is 0.628. The lowest BCUT2D eigenvalue weighted by molar-refractivity contribution is -0.128. The van der Waals surface area contributed by atoms with Crippen molar-refractivity contribution in [3.05, 3.63) is 16.3 Å². The number of rotatable bonds is 3. The average Bonchev–Trinajstić information content (AvgIpc) is 2.71. The zero-order valence-corrected chi connectivity index (χ0v) is 11.7. The lowest BCUT2D eigenvalue weighted by Gasteiger charge is -2.37. The number of nitrogens with two attached hydrogens (primary N) is 1. The predicted molar refractivity (Wildman–Crippen MR) is 72.9 cm³/mol. The fourth-order valence-corrected chi connectivity index (χ4v) is 2.47. The summed E-state index contributed by atoms with van der Waals surface area (Å²) in [5, 5.41) is 8.75. The van der Waals surface area contributed by atoms with Gasteiger partial charge in [0, 0.05) is 5.54 Å². The van der Waals surface area contributed by atoms with Crippen molar-refractivity contribution in [2.45, 2.75) is 44.7 Å². The zero-order valence-electron chi connectivity index (χ0n) is 10.9. The topological polar surface area (TPSA) is 117 Å². The van der Waals surface area contributed by atoms with E-state index in [1.54, 1.807) is 0 Å². The van der Waals surface area contributed by atoms with Crippen molar-refractivity contribution in [3.8, 4) is 0 Å². The highest BCUT2D eigenvalue weighted by Gasteiger charge is 2.37. The lowest BCUT2D eigenvalue weighted by atomic mass is 9.74. The Morgan fingerprint density at radius 1 is 1.58 bits per heavy atom. The Bertz CT molecular complexity index is 481. The Balaban J connectivity index is 0.00000180. The molecule has 2 atom stereocenters. The van der Waals surface area contributed by atoms with Crippen LogP contribution in [0.5, 0.6) is 0 Å². The van der Waals surface area contributed by atoms with Crippen LogP contribution in [-0.2, 0) is 11.3 Å². The third-order valence-electron chi connectivity index (χ3n) is 3.55. The minimum Gasteiger partial charge on any atom is -0.349 e. The summed E-state index contributed by atoms with van der Waals surface area (Å²) in [7, 11) is 0. The Labute approximate surface area is 117 Å². The second kappa shape index (κ2) is 6.21. The number of hydrogen-bond donors (Lipinski definition) is 4. The number of nitrogens with zero attached hydrogens (tertiary/aromatic N) is 1. The van der Waals surface area contributed by atoms with E-state index < -0.39 is 5.54 Å². The molecular formula is C11H20ClN5O2. The van der Waals surface area contributed by atoms with Crippen molar-refractivity contribution < 1.29 is 4.79 Å². The van der Waals surface area contributed by atoms with E-state index in [0.29, 0.717) is 5.82 Å². The largest absolute Gasteiger partial charge is 0.349 e. The summed E-state index contributed by atoms with van der Waals surface area (Å²) in [6.07, 6.45) is 3.79. The van der Waals surface area contributed by atoms with Gasteiger partial charge in [-0.1, -0.05) is 12.8 Å². The van der Waals surface area contributed by atoms with Crippen molar-refractivity contribution in [2.24, 2.45) is 11.7 Å². The van der Waals surface area contributed by atoms with Gasteiger partial charge in [0.05, 0.1) is 12.5 Å². The van der Waals surface area contributed by atoms with E-state index in [9.17, 15) is 9.59 Å². The van der Waals surface area contributed by atoms with E-state index in [2.05, 4.69) is 20.5 Å². The van der Waals surface area contributed by atoms with E-state index in [-0.39, 0.29) is 36.5 Å². The minimum atomic E-state index is -0.443. The molecule has 1 aromatic heterocycles. The molecule has 1 aromatic rings. The Morgan fingerprint density at radius 2 is 2.32 bits per heavy atom. The fraction of sp³-hybridized carbons (Fsp3) is 0.727. The smallest absolute Gasteiger partial charge is 0.340 e. The van der Waals surface area contributed by atoms with Gasteiger partial charge in [0.15, 0.2) is 0 Å². The number of aromatic amines is 2. The summed E-state index contributed by atoms with van der Waals surface area (Å²) in [6, 6.07) is 0. The highest BCUT2D eigenvalue weighted by Crippen LogP contribution is 2.31. The first-order valence-corrected chi connectivity index (χ1v) is 6.19. The van der Waals surface area contributed by atoms with Crippen molar-refractivity contribution in [2.75, 3.05) is 0 Å². The van der Waals surface area contributed by atoms with E-state index in [0.717, 1.165) is 25.7 Å². The predicted octanol–water partition coefficient (Wildman–Crippen LogP) is 0.0436. The van der Waals surface area contributed by atoms with E-state index in [4.69, 9.17) is 5.73 Å². The number of amides is 1.